The molecule has 0 saturated carbocycles. The Labute approximate surface area is 99.8 Å². The third-order valence-corrected chi connectivity index (χ3v) is 2.87. The molecule has 17 heavy (non-hydrogen) atoms. The molecule has 2 rings (SSSR count). The molecule has 1 aromatic rings. The molecule has 0 aromatic carbocycles. The molecule has 1 aliphatic rings. The van der Waals surface area contributed by atoms with Crippen LogP contribution in [-0.4, -0.2) is 41.0 Å². The maximum atomic E-state index is 11.9. The Morgan fingerprint density at radius 1 is 1.41 bits per heavy atom. The third-order valence-electron chi connectivity index (χ3n) is 2.87. The molecule has 1 aromatic heterocycles. The van der Waals surface area contributed by atoms with E-state index in [1.54, 1.807) is 30.2 Å². The highest BCUT2D eigenvalue weighted by Crippen LogP contribution is 2.11. The lowest BCUT2D eigenvalue weighted by atomic mass is 10.3. The molecule has 1 atom stereocenters. The van der Waals surface area contributed by atoms with E-state index in [2.05, 4.69) is 4.98 Å². The molecule has 0 radical (unpaired) electrons. The zero-order chi connectivity index (χ0) is 12.3. The molecule has 1 saturated heterocycles. The van der Waals surface area contributed by atoms with Crippen LogP contribution in [0.4, 0.5) is 0 Å². The van der Waals surface area contributed by atoms with Gasteiger partial charge in [-0.2, -0.15) is 0 Å². The molecule has 1 amide bonds. The molecular weight excluding hydrogens is 220 g/mol. The van der Waals surface area contributed by atoms with Crippen LogP contribution in [-0.2, 0) is 9.53 Å². The standard InChI is InChI=1S/C12H16N2O3/c1-9(11(15)14-7-2-3-8-14)17-12(16)10-5-4-6-13-10/h4-6,9,13H,2-3,7-8H2,1H3/t9-/m1/s1. The minimum absolute atomic E-state index is 0.109. The SMILES string of the molecule is C[C@@H](OC(=O)c1ccc[nH]1)C(=O)N1CCCC1. The van der Waals surface area contributed by atoms with Crippen molar-refractivity contribution < 1.29 is 14.3 Å². The first-order valence-electron chi connectivity index (χ1n) is 5.81. The van der Waals surface area contributed by atoms with E-state index in [-0.39, 0.29) is 5.91 Å². The van der Waals surface area contributed by atoms with Crippen LogP contribution in [0.3, 0.4) is 0 Å². The van der Waals surface area contributed by atoms with Crippen molar-refractivity contribution in [2.75, 3.05) is 13.1 Å². The highest BCUT2D eigenvalue weighted by molar-refractivity contribution is 5.90. The lowest BCUT2D eigenvalue weighted by Gasteiger charge is -2.20. The van der Waals surface area contributed by atoms with Gasteiger partial charge in [-0.15, -0.1) is 0 Å². The molecule has 1 aliphatic heterocycles. The predicted octanol–water partition coefficient (Wildman–Crippen LogP) is 1.18. The molecule has 2 heterocycles. The van der Waals surface area contributed by atoms with Gasteiger partial charge < -0.3 is 14.6 Å². The fourth-order valence-corrected chi connectivity index (χ4v) is 1.93. The average molecular weight is 236 g/mol. The second kappa shape index (κ2) is 5.03. The van der Waals surface area contributed by atoms with Gasteiger partial charge in [-0.3, -0.25) is 4.79 Å². The van der Waals surface area contributed by atoms with E-state index < -0.39 is 12.1 Å². The lowest BCUT2D eigenvalue weighted by molar-refractivity contribution is -0.138. The van der Waals surface area contributed by atoms with Crippen molar-refractivity contribution in [3.8, 4) is 0 Å². The van der Waals surface area contributed by atoms with Gasteiger partial charge >= 0.3 is 5.97 Å². The van der Waals surface area contributed by atoms with Gasteiger partial charge in [-0.1, -0.05) is 0 Å². The molecular formula is C12H16N2O3. The maximum absolute atomic E-state index is 11.9. The van der Waals surface area contributed by atoms with Gasteiger partial charge in [0, 0.05) is 19.3 Å². The normalized spacial score (nSPS) is 16.9. The van der Waals surface area contributed by atoms with E-state index in [1.165, 1.54) is 0 Å². The second-order valence-electron chi connectivity index (χ2n) is 4.16. The minimum Gasteiger partial charge on any atom is -0.448 e. The van der Waals surface area contributed by atoms with Crippen LogP contribution < -0.4 is 0 Å². The number of hydrogen-bond donors (Lipinski definition) is 1. The number of hydrogen-bond acceptors (Lipinski definition) is 3. The number of rotatable bonds is 3. The van der Waals surface area contributed by atoms with Crippen molar-refractivity contribution in [1.82, 2.24) is 9.88 Å². The van der Waals surface area contributed by atoms with Crippen LogP contribution >= 0.6 is 0 Å². The first-order chi connectivity index (χ1) is 8.18. The highest BCUT2D eigenvalue weighted by Gasteiger charge is 2.26. The molecule has 0 unspecified atom stereocenters. The predicted molar refractivity (Wildman–Crippen MR) is 61.5 cm³/mol. The van der Waals surface area contributed by atoms with Gasteiger partial charge in [0.05, 0.1) is 0 Å². The summed E-state index contributed by atoms with van der Waals surface area (Å²) in [7, 11) is 0. The number of carbonyl (C=O) groups is 2. The van der Waals surface area contributed by atoms with Crippen molar-refractivity contribution in [1.29, 1.82) is 0 Å². The van der Waals surface area contributed by atoms with Gasteiger partial charge in [-0.05, 0) is 31.9 Å². The highest BCUT2D eigenvalue weighted by atomic mass is 16.5. The Morgan fingerprint density at radius 2 is 2.12 bits per heavy atom. The van der Waals surface area contributed by atoms with E-state index in [0.717, 1.165) is 25.9 Å². The number of H-pyrrole nitrogens is 1. The van der Waals surface area contributed by atoms with Crippen LogP contribution in [0.5, 0.6) is 0 Å². The number of ether oxygens (including phenoxy) is 1. The lowest BCUT2D eigenvalue weighted by Crippen LogP contribution is -2.38. The molecule has 0 aliphatic carbocycles. The summed E-state index contributed by atoms with van der Waals surface area (Å²) in [6, 6.07) is 3.33. The Kier molecular flexibility index (Phi) is 3.46. The van der Waals surface area contributed by atoms with Gasteiger partial charge in [0.1, 0.15) is 5.69 Å². The van der Waals surface area contributed by atoms with Crippen molar-refractivity contribution in [2.24, 2.45) is 0 Å². The number of aromatic amines is 1. The molecule has 1 fully saturated rings. The van der Waals surface area contributed by atoms with Crippen molar-refractivity contribution in [3.05, 3.63) is 24.0 Å². The van der Waals surface area contributed by atoms with E-state index in [1.807, 2.05) is 0 Å². The smallest absolute Gasteiger partial charge is 0.355 e. The molecule has 0 spiro atoms. The second-order valence-corrected chi connectivity index (χ2v) is 4.16. The van der Waals surface area contributed by atoms with Crippen LogP contribution in [0.15, 0.2) is 18.3 Å². The first-order valence-corrected chi connectivity index (χ1v) is 5.81. The largest absolute Gasteiger partial charge is 0.448 e. The number of aromatic nitrogens is 1. The number of likely N-dealkylation sites (tertiary alicyclic amines) is 1. The van der Waals surface area contributed by atoms with E-state index in [0.29, 0.717) is 5.69 Å². The molecule has 5 nitrogen and oxygen atoms in total. The van der Waals surface area contributed by atoms with Crippen LogP contribution in [0.2, 0.25) is 0 Å². The van der Waals surface area contributed by atoms with Crippen molar-refractivity contribution in [3.63, 3.8) is 0 Å². The van der Waals surface area contributed by atoms with E-state index in [9.17, 15) is 9.59 Å². The number of nitrogens with one attached hydrogen (secondary N) is 1. The fraction of sp³-hybridized carbons (Fsp3) is 0.500. The molecule has 1 N–H and O–H groups in total. The number of esters is 1. The topological polar surface area (TPSA) is 62.4 Å². The van der Waals surface area contributed by atoms with Crippen molar-refractivity contribution >= 4 is 11.9 Å². The monoisotopic (exact) mass is 236 g/mol. The average Bonchev–Trinajstić information content (AvgIpc) is 3.00. The minimum atomic E-state index is -0.719. The van der Waals surface area contributed by atoms with Crippen LogP contribution in [0.25, 0.3) is 0 Å². The number of carbonyl (C=O) groups excluding carboxylic acids is 2. The summed E-state index contributed by atoms with van der Waals surface area (Å²) in [5.74, 6) is -0.600. The quantitative estimate of drug-likeness (QED) is 0.802. The maximum Gasteiger partial charge on any atom is 0.355 e. The summed E-state index contributed by atoms with van der Waals surface area (Å²) in [6.07, 6.45) is 2.99. The Morgan fingerprint density at radius 3 is 2.71 bits per heavy atom. The Balaban J connectivity index is 1.90. The number of nitrogens with zero attached hydrogens (tertiary/aromatic N) is 1. The summed E-state index contributed by atoms with van der Waals surface area (Å²) in [6.45, 7) is 3.15. The van der Waals surface area contributed by atoms with Gasteiger partial charge in [0.15, 0.2) is 6.10 Å². The summed E-state index contributed by atoms with van der Waals surface area (Å²) in [5, 5.41) is 0. The fourth-order valence-electron chi connectivity index (χ4n) is 1.93. The van der Waals surface area contributed by atoms with Crippen molar-refractivity contribution in [2.45, 2.75) is 25.9 Å². The molecule has 92 valence electrons. The Hall–Kier alpha value is -1.78. The first kappa shape index (κ1) is 11.7. The zero-order valence-electron chi connectivity index (χ0n) is 9.81. The summed E-state index contributed by atoms with van der Waals surface area (Å²) < 4.78 is 5.11. The summed E-state index contributed by atoms with van der Waals surface area (Å²) in [5.41, 5.74) is 0.367. The van der Waals surface area contributed by atoms with Crippen LogP contribution in [0, 0.1) is 0 Å². The van der Waals surface area contributed by atoms with E-state index >= 15 is 0 Å². The van der Waals surface area contributed by atoms with Gasteiger partial charge in [-0.25, -0.2) is 4.79 Å². The van der Waals surface area contributed by atoms with Crippen LogP contribution in [0.1, 0.15) is 30.3 Å². The summed E-state index contributed by atoms with van der Waals surface area (Å²) in [4.78, 5) is 28.0. The van der Waals surface area contributed by atoms with Gasteiger partial charge in [0.2, 0.25) is 0 Å². The van der Waals surface area contributed by atoms with Gasteiger partial charge in [0.25, 0.3) is 5.91 Å². The zero-order valence-corrected chi connectivity index (χ0v) is 9.81. The number of amides is 1. The molecule has 5 heteroatoms. The van der Waals surface area contributed by atoms with E-state index in [4.69, 9.17) is 4.74 Å². The molecule has 0 bridgehead atoms. The summed E-state index contributed by atoms with van der Waals surface area (Å²) >= 11 is 0. The Bertz CT molecular complexity index is 394. The third kappa shape index (κ3) is 2.67.